The van der Waals surface area contributed by atoms with Crippen molar-refractivity contribution in [1.29, 1.82) is 0 Å². The third kappa shape index (κ3) is 2.23. The zero-order valence-corrected chi connectivity index (χ0v) is 11.2. The number of rotatable bonds is 3. The van der Waals surface area contributed by atoms with Gasteiger partial charge in [0.25, 0.3) is 5.56 Å². The van der Waals surface area contributed by atoms with Gasteiger partial charge in [-0.25, -0.2) is 9.37 Å². The van der Waals surface area contributed by atoms with Crippen LogP contribution in [0.15, 0.2) is 46.8 Å². The molecule has 20 heavy (non-hydrogen) atoms. The molecule has 3 rings (SSSR count). The molecule has 3 aromatic rings. The first-order chi connectivity index (χ1) is 9.66. The highest BCUT2D eigenvalue weighted by atomic mass is 32.1. The third-order valence-electron chi connectivity index (χ3n) is 3.08. The molecule has 6 heteroatoms. The van der Waals surface area contributed by atoms with E-state index in [1.165, 1.54) is 34.4 Å². The van der Waals surface area contributed by atoms with Crippen LogP contribution in [0, 0.1) is 5.82 Å². The summed E-state index contributed by atoms with van der Waals surface area (Å²) in [5.74, 6) is -0.488. The number of aliphatic hydroxyl groups is 1. The van der Waals surface area contributed by atoms with Crippen LogP contribution in [0.25, 0.3) is 10.2 Å². The van der Waals surface area contributed by atoms with Crippen LogP contribution in [0.3, 0.4) is 0 Å². The molecule has 0 amide bonds. The summed E-state index contributed by atoms with van der Waals surface area (Å²) < 4.78 is 14.9. The Bertz CT molecular complexity index is 812. The molecule has 4 nitrogen and oxygen atoms in total. The number of thiophene rings is 1. The second-order valence-electron chi connectivity index (χ2n) is 4.38. The predicted molar refractivity (Wildman–Crippen MR) is 75.2 cm³/mol. The molecule has 0 radical (unpaired) electrons. The van der Waals surface area contributed by atoms with Crippen molar-refractivity contribution in [2.75, 3.05) is 0 Å². The van der Waals surface area contributed by atoms with Gasteiger partial charge in [-0.05, 0) is 17.5 Å². The van der Waals surface area contributed by atoms with Crippen molar-refractivity contribution in [3.8, 4) is 0 Å². The number of fused-ring (bicyclic) bond motifs is 1. The summed E-state index contributed by atoms with van der Waals surface area (Å²) >= 11 is 1.38. The van der Waals surface area contributed by atoms with Crippen LogP contribution < -0.4 is 5.56 Å². The molecule has 0 saturated carbocycles. The van der Waals surface area contributed by atoms with Gasteiger partial charge in [0, 0.05) is 5.56 Å². The average Bonchev–Trinajstić information content (AvgIpc) is 2.91. The van der Waals surface area contributed by atoms with Crippen LogP contribution in [-0.4, -0.2) is 14.7 Å². The quantitative estimate of drug-likeness (QED) is 0.805. The van der Waals surface area contributed by atoms with Gasteiger partial charge in [-0.1, -0.05) is 18.2 Å². The van der Waals surface area contributed by atoms with E-state index in [-0.39, 0.29) is 17.7 Å². The summed E-state index contributed by atoms with van der Waals surface area (Å²) in [7, 11) is 0. The lowest BCUT2D eigenvalue weighted by Gasteiger charge is -2.13. The zero-order valence-electron chi connectivity index (χ0n) is 10.4. The first kappa shape index (κ1) is 13.0. The number of hydrogen-bond acceptors (Lipinski definition) is 4. The molecule has 0 spiro atoms. The number of hydrogen-bond donors (Lipinski definition) is 1. The molecule has 0 aliphatic heterocycles. The Morgan fingerprint density at radius 1 is 1.35 bits per heavy atom. The largest absolute Gasteiger partial charge is 0.386 e. The first-order valence-electron chi connectivity index (χ1n) is 6.02. The van der Waals surface area contributed by atoms with E-state index in [4.69, 9.17) is 0 Å². The number of benzene rings is 1. The van der Waals surface area contributed by atoms with E-state index in [1.807, 2.05) is 0 Å². The molecule has 0 saturated heterocycles. The van der Waals surface area contributed by atoms with E-state index in [0.717, 1.165) is 0 Å². The Balaban J connectivity index is 1.95. The minimum absolute atomic E-state index is 0.0292. The van der Waals surface area contributed by atoms with Crippen molar-refractivity contribution < 1.29 is 9.50 Å². The summed E-state index contributed by atoms with van der Waals surface area (Å²) in [5.41, 5.74) is -0.0588. The summed E-state index contributed by atoms with van der Waals surface area (Å²) in [6, 6.07) is 7.67. The Morgan fingerprint density at radius 3 is 2.95 bits per heavy atom. The number of nitrogens with zero attached hydrogens (tertiary/aromatic N) is 2. The van der Waals surface area contributed by atoms with E-state index >= 15 is 0 Å². The fraction of sp³-hybridized carbons (Fsp3) is 0.143. The molecular formula is C14H11FN2O2S. The van der Waals surface area contributed by atoms with Gasteiger partial charge in [-0.3, -0.25) is 9.36 Å². The highest BCUT2D eigenvalue weighted by Crippen LogP contribution is 2.19. The van der Waals surface area contributed by atoms with Crippen molar-refractivity contribution in [2.24, 2.45) is 0 Å². The van der Waals surface area contributed by atoms with E-state index in [9.17, 15) is 14.3 Å². The average molecular weight is 290 g/mol. The van der Waals surface area contributed by atoms with E-state index in [0.29, 0.717) is 10.2 Å². The van der Waals surface area contributed by atoms with Gasteiger partial charge in [-0.15, -0.1) is 11.3 Å². The summed E-state index contributed by atoms with van der Waals surface area (Å²) in [5, 5.41) is 12.4. The third-order valence-corrected chi connectivity index (χ3v) is 3.91. The highest BCUT2D eigenvalue weighted by molar-refractivity contribution is 7.16. The first-order valence-corrected chi connectivity index (χ1v) is 6.90. The van der Waals surface area contributed by atoms with Crippen LogP contribution in [0.4, 0.5) is 4.39 Å². The standard InChI is InChI=1S/C14H11FN2O2S/c15-11-4-2-1-3-9(11)12(18)7-17-8-16-13-10(14(17)19)5-6-20-13/h1-6,8,12,18H,7H2. The Hall–Kier alpha value is -2.05. The molecule has 2 heterocycles. The van der Waals surface area contributed by atoms with Crippen LogP contribution in [0.1, 0.15) is 11.7 Å². The fourth-order valence-electron chi connectivity index (χ4n) is 2.05. The van der Waals surface area contributed by atoms with Crippen molar-refractivity contribution in [3.05, 3.63) is 63.8 Å². The number of halogens is 1. The van der Waals surface area contributed by atoms with Crippen molar-refractivity contribution in [2.45, 2.75) is 12.6 Å². The van der Waals surface area contributed by atoms with Crippen molar-refractivity contribution in [3.63, 3.8) is 0 Å². The highest BCUT2D eigenvalue weighted by Gasteiger charge is 2.14. The molecule has 0 bridgehead atoms. The molecule has 1 N–H and O–H groups in total. The van der Waals surface area contributed by atoms with Gasteiger partial charge in [0.05, 0.1) is 24.4 Å². The second kappa shape index (κ2) is 5.15. The Morgan fingerprint density at radius 2 is 2.15 bits per heavy atom. The monoisotopic (exact) mass is 290 g/mol. The topological polar surface area (TPSA) is 55.1 Å². The van der Waals surface area contributed by atoms with E-state index in [2.05, 4.69) is 4.98 Å². The van der Waals surface area contributed by atoms with Gasteiger partial charge in [-0.2, -0.15) is 0 Å². The van der Waals surface area contributed by atoms with Gasteiger partial charge < -0.3 is 5.11 Å². The normalized spacial score (nSPS) is 12.7. The lowest BCUT2D eigenvalue weighted by molar-refractivity contribution is 0.150. The smallest absolute Gasteiger partial charge is 0.262 e. The molecule has 2 aromatic heterocycles. The van der Waals surface area contributed by atoms with Crippen molar-refractivity contribution >= 4 is 21.6 Å². The molecule has 1 atom stereocenters. The SMILES string of the molecule is O=c1c2ccsc2ncn1CC(O)c1ccccc1F. The molecule has 0 aliphatic carbocycles. The van der Waals surface area contributed by atoms with Crippen LogP contribution >= 0.6 is 11.3 Å². The molecule has 0 aliphatic rings. The molecule has 1 aromatic carbocycles. The number of aromatic nitrogens is 2. The maximum Gasteiger partial charge on any atom is 0.262 e. The van der Waals surface area contributed by atoms with Crippen LogP contribution in [0.2, 0.25) is 0 Å². The molecule has 0 fully saturated rings. The lowest BCUT2D eigenvalue weighted by Crippen LogP contribution is -2.23. The Labute approximate surface area is 117 Å². The van der Waals surface area contributed by atoms with E-state index in [1.54, 1.807) is 23.6 Å². The molecule has 1 unspecified atom stereocenters. The minimum atomic E-state index is -1.09. The predicted octanol–water partition coefficient (Wildman–Crippen LogP) is 2.33. The molecular weight excluding hydrogens is 279 g/mol. The maximum absolute atomic E-state index is 13.6. The maximum atomic E-state index is 13.6. The minimum Gasteiger partial charge on any atom is -0.386 e. The fourth-order valence-corrected chi connectivity index (χ4v) is 2.78. The van der Waals surface area contributed by atoms with Gasteiger partial charge in [0.2, 0.25) is 0 Å². The Kier molecular flexibility index (Phi) is 3.33. The number of aliphatic hydroxyl groups excluding tert-OH is 1. The molecule has 102 valence electrons. The van der Waals surface area contributed by atoms with Gasteiger partial charge in [0.1, 0.15) is 10.6 Å². The second-order valence-corrected chi connectivity index (χ2v) is 5.27. The summed E-state index contributed by atoms with van der Waals surface area (Å²) in [6.45, 7) is -0.0292. The van der Waals surface area contributed by atoms with Crippen LogP contribution in [0.5, 0.6) is 0 Å². The summed E-state index contributed by atoms with van der Waals surface area (Å²) in [4.78, 5) is 17.0. The van der Waals surface area contributed by atoms with E-state index < -0.39 is 11.9 Å². The van der Waals surface area contributed by atoms with Crippen molar-refractivity contribution in [1.82, 2.24) is 9.55 Å². The van der Waals surface area contributed by atoms with Crippen LogP contribution in [-0.2, 0) is 6.54 Å². The zero-order chi connectivity index (χ0) is 14.1. The van der Waals surface area contributed by atoms with Gasteiger partial charge >= 0.3 is 0 Å². The van der Waals surface area contributed by atoms with Gasteiger partial charge in [0.15, 0.2) is 0 Å². The summed E-state index contributed by atoms with van der Waals surface area (Å²) in [6.07, 6.45) is 0.289. The lowest BCUT2D eigenvalue weighted by atomic mass is 10.1.